The number of nitrogens with two attached hydrogens (primary N) is 1. The van der Waals surface area contributed by atoms with Gasteiger partial charge < -0.3 is 10.3 Å². The summed E-state index contributed by atoms with van der Waals surface area (Å²) in [7, 11) is 0. The zero-order valence-corrected chi connectivity index (χ0v) is 17.8. The van der Waals surface area contributed by atoms with Crippen molar-refractivity contribution in [3.63, 3.8) is 0 Å². The van der Waals surface area contributed by atoms with Crippen LogP contribution in [0.5, 0.6) is 0 Å². The number of halogens is 1. The van der Waals surface area contributed by atoms with Crippen LogP contribution in [0.4, 0.5) is 0 Å². The minimum absolute atomic E-state index is 0.0362. The summed E-state index contributed by atoms with van der Waals surface area (Å²) in [5.41, 5.74) is 9.90. The third-order valence-electron chi connectivity index (χ3n) is 5.75. The van der Waals surface area contributed by atoms with E-state index in [1.54, 1.807) is 6.07 Å². The first-order valence-corrected chi connectivity index (χ1v) is 10.6. The molecule has 5 aromatic rings. The van der Waals surface area contributed by atoms with Gasteiger partial charge in [-0.05, 0) is 23.8 Å². The van der Waals surface area contributed by atoms with Gasteiger partial charge in [-0.3, -0.25) is 9.59 Å². The smallest absolute Gasteiger partial charge is 0.249 e. The summed E-state index contributed by atoms with van der Waals surface area (Å²) in [6.07, 6.45) is 0. The van der Waals surface area contributed by atoms with Crippen LogP contribution in [0.3, 0.4) is 0 Å². The van der Waals surface area contributed by atoms with E-state index in [2.05, 4.69) is 4.57 Å². The van der Waals surface area contributed by atoms with E-state index in [1.165, 1.54) is 0 Å². The van der Waals surface area contributed by atoms with Crippen LogP contribution in [-0.4, -0.2) is 16.3 Å². The average molecular weight is 439 g/mol. The molecule has 1 amide bonds. The van der Waals surface area contributed by atoms with E-state index in [1.807, 2.05) is 84.9 Å². The third kappa shape index (κ3) is 3.26. The number of hydrogen-bond acceptors (Lipinski definition) is 2. The molecule has 0 radical (unpaired) electrons. The van der Waals surface area contributed by atoms with E-state index >= 15 is 0 Å². The van der Waals surface area contributed by atoms with Gasteiger partial charge in [0.2, 0.25) is 5.91 Å². The van der Waals surface area contributed by atoms with Gasteiger partial charge in [0.05, 0.1) is 16.1 Å². The van der Waals surface area contributed by atoms with Gasteiger partial charge in [0.1, 0.15) is 0 Å². The van der Waals surface area contributed by atoms with E-state index in [9.17, 15) is 9.59 Å². The number of aromatic nitrogens is 1. The summed E-state index contributed by atoms with van der Waals surface area (Å²) >= 11 is 6.63. The van der Waals surface area contributed by atoms with Crippen LogP contribution in [0.25, 0.3) is 21.8 Å². The highest BCUT2D eigenvalue weighted by molar-refractivity contribution is 6.37. The number of carbonyl (C=O) groups excluding carboxylic acids is 2. The van der Waals surface area contributed by atoms with Crippen LogP contribution < -0.4 is 5.73 Å². The summed E-state index contributed by atoms with van der Waals surface area (Å²) in [5.74, 6) is -0.528. The molecular formula is C27H19ClN2O2. The third-order valence-corrected chi connectivity index (χ3v) is 6.06. The molecule has 1 aromatic heterocycles. The maximum atomic E-state index is 13.2. The number of primary amides is 1. The molecular weight excluding hydrogens is 420 g/mol. The lowest BCUT2D eigenvalue weighted by atomic mass is 9.98. The highest BCUT2D eigenvalue weighted by Crippen LogP contribution is 2.36. The van der Waals surface area contributed by atoms with Crippen molar-refractivity contribution >= 4 is 45.1 Å². The molecule has 0 aliphatic rings. The molecule has 5 heteroatoms. The van der Waals surface area contributed by atoms with Gasteiger partial charge in [-0.1, -0.05) is 84.4 Å². The molecule has 4 nitrogen and oxygen atoms in total. The van der Waals surface area contributed by atoms with E-state index in [-0.39, 0.29) is 5.78 Å². The van der Waals surface area contributed by atoms with Crippen molar-refractivity contribution in [3.8, 4) is 0 Å². The summed E-state index contributed by atoms with van der Waals surface area (Å²) in [4.78, 5) is 25.4. The van der Waals surface area contributed by atoms with Crippen molar-refractivity contribution in [1.29, 1.82) is 0 Å². The molecule has 0 spiro atoms. The number of para-hydroxylation sites is 1. The molecule has 0 aliphatic heterocycles. The minimum Gasteiger partial charge on any atom is -0.366 e. The molecule has 1 heterocycles. The first-order chi connectivity index (χ1) is 15.6. The van der Waals surface area contributed by atoms with Gasteiger partial charge in [0, 0.05) is 34.0 Å². The minimum atomic E-state index is -0.491. The van der Waals surface area contributed by atoms with Gasteiger partial charge >= 0.3 is 0 Å². The van der Waals surface area contributed by atoms with Crippen LogP contribution in [0, 0.1) is 0 Å². The van der Waals surface area contributed by atoms with Crippen molar-refractivity contribution in [2.24, 2.45) is 5.73 Å². The summed E-state index contributed by atoms with van der Waals surface area (Å²) in [6.45, 7) is 0.417. The summed E-state index contributed by atoms with van der Waals surface area (Å²) in [5, 5.41) is 2.19. The molecule has 0 unspecified atom stereocenters. The lowest BCUT2D eigenvalue weighted by Crippen LogP contribution is -2.11. The first kappa shape index (κ1) is 20.0. The Morgan fingerprint density at radius 1 is 0.781 bits per heavy atom. The fourth-order valence-corrected chi connectivity index (χ4v) is 4.60. The molecule has 2 N–H and O–H groups in total. The SMILES string of the molecule is NC(=O)c1cccc2c1c1cccc(Cl)c1n2Cc1ccccc1C(=O)c1ccccc1. The highest BCUT2D eigenvalue weighted by Gasteiger charge is 2.20. The van der Waals surface area contributed by atoms with Crippen molar-refractivity contribution in [3.05, 3.63) is 118 Å². The molecule has 4 aromatic carbocycles. The molecule has 156 valence electrons. The lowest BCUT2D eigenvalue weighted by molar-refractivity contribution is 0.1000. The Morgan fingerprint density at radius 3 is 2.25 bits per heavy atom. The van der Waals surface area contributed by atoms with Crippen molar-refractivity contribution < 1.29 is 9.59 Å². The van der Waals surface area contributed by atoms with Crippen LogP contribution in [-0.2, 0) is 6.54 Å². The molecule has 0 fully saturated rings. The maximum absolute atomic E-state index is 13.2. The Bertz CT molecular complexity index is 1500. The molecule has 0 aliphatic carbocycles. The van der Waals surface area contributed by atoms with Gasteiger partial charge in [0.25, 0.3) is 0 Å². The van der Waals surface area contributed by atoms with E-state index in [0.717, 1.165) is 27.4 Å². The number of rotatable bonds is 5. The molecule has 32 heavy (non-hydrogen) atoms. The number of carbonyl (C=O) groups is 2. The van der Waals surface area contributed by atoms with Crippen LogP contribution in [0.2, 0.25) is 5.02 Å². The fourth-order valence-electron chi connectivity index (χ4n) is 4.32. The van der Waals surface area contributed by atoms with E-state index < -0.39 is 5.91 Å². The van der Waals surface area contributed by atoms with E-state index in [0.29, 0.717) is 28.3 Å². The van der Waals surface area contributed by atoms with Crippen LogP contribution >= 0.6 is 11.6 Å². The molecule has 0 saturated heterocycles. The topological polar surface area (TPSA) is 65.1 Å². The Labute approximate surface area is 189 Å². The Morgan fingerprint density at radius 2 is 1.47 bits per heavy atom. The van der Waals surface area contributed by atoms with Crippen molar-refractivity contribution in [2.45, 2.75) is 6.54 Å². The monoisotopic (exact) mass is 438 g/mol. The number of ketones is 1. The summed E-state index contributed by atoms with van der Waals surface area (Å²) in [6, 6.07) is 27.9. The second kappa shape index (κ2) is 7.98. The summed E-state index contributed by atoms with van der Waals surface area (Å²) < 4.78 is 2.05. The van der Waals surface area contributed by atoms with Crippen molar-refractivity contribution in [2.75, 3.05) is 0 Å². The fraction of sp³-hybridized carbons (Fsp3) is 0.0370. The zero-order valence-electron chi connectivity index (χ0n) is 17.1. The lowest BCUT2D eigenvalue weighted by Gasteiger charge is -2.13. The van der Waals surface area contributed by atoms with Gasteiger partial charge in [0.15, 0.2) is 5.78 Å². The zero-order chi connectivity index (χ0) is 22.2. The quantitative estimate of drug-likeness (QED) is 0.351. The highest BCUT2D eigenvalue weighted by atomic mass is 35.5. The predicted octanol–water partition coefficient (Wildman–Crippen LogP) is 5.83. The van der Waals surface area contributed by atoms with Gasteiger partial charge in [-0.25, -0.2) is 0 Å². The normalized spacial score (nSPS) is 11.2. The first-order valence-electron chi connectivity index (χ1n) is 10.2. The van der Waals surface area contributed by atoms with Crippen LogP contribution in [0.1, 0.15) is 31.8 Å². The average Bonchev–Trinajstić information content (AvgIpc) is 3.14. The number of fused-ring (bicyclic) bond motifs is 3. The number of amides is 1. The van der Waals surface area contributed by atoms with Gasteiger partial charge in [-0.15, -0.1) is 0 Å². The molecule has 0 saturated carbocycles. The predicted molar refractivity (Wildman–Crippen MR) is 128 cm³/mol. The number of benzene rings is 4. The number of hydrogen-bond donors (Lipinski definition) is 1. The Balaban J connectivity index is 1.74. The van der Waals surface area contributed by atoms with E-state index in [4.69, 9.17) is 17.3 Å². The van der Waals surface area contributed by atoms with Gasteiger partial charge in [-0.2, -0.15) is 0 Å². The Hall–Kier alpha value is -3.89. The molecule has 5 rings (SSSR count). The van der Waals surface area contributed by atoms with Crippen LogP contribution in [0.15, 0.2) is 91.0 Å². The molecule has 0 atom stereocenters. The second-order valence-electron chi connectivity index (χ2n) is 7.64. The Kier molecular flexibility index (Phi) is 5.00. The second-order valence-corrected chi connectivity index (χ2v) is 8.05. The largest absolute Gasteiger partial charge is 0.366 e. The number of nitrogens with zero attached hydrogens (tertiary/aromatic N) is 1. The van der Waals surface area contributed by atoms with Crippen molar-refractivity contribution in [1.82, 2.24) is 4.57 Å². The maximum Gasteiger partial charge on any atom is 0.249 e. The molecule has 0 bridgehead atoms. The standard InChI is InChI=1S/C27H19ClN2O2/c28-22-14-6-12-20-24-21(27(29)32)13-7-15-23(24)30(25(20)22)16-18-10-4-5-11-19(18)26(31)17-8-2-1-3-9-17/h1-15H,16H2,(H2,29,32).